The molecule has 3 aliphatic rings. The molecule has 26 heavy (non-hydrogen) atoms. The van der Waals surface area contributed by atoms with Gasteiger partial charge in [-0.15, -0.1) is 54.5 Å². The van der Waals surface area contributed by atoms with Crippen LogP contribution in [-0.2, 0) is 0 Å². The number of methoxy groups -OCH3 is 1. The molecule has 5 atom stereocenters. The Kier molecular flexibility index (Phi) is 7.70. The number of benzene rings is 1. The zero-order chi connectivity index (χ0) is 16.7. The van der Waals surface area contributed by atoms with Gasteiger partial charge in [0.05, 0.1) is 18.7 Å². The maximum atomic E-state index is 11.2. The minimum atomic E-state index is -0.504. The fourth-order valence-corrected chi connectivity index (χ4v) is 4.44. The molecule has 0 radical (unpaired) electrons. The van der Waals surface area contributed by atoms with Gasteiger partial charge in [0.25, 0.3) is 0 Å². The van der Waals surface area contributed by atoms with Gasteiger partial charge in [0.1, 0.15) is 5.75 Å². The lowest BCUT2D eigenvalue weighted by Crippen LogP contribution is -2.54. The van der Waals surface area contributed by atoms with Crippen molar-refractivity contribution in [1.29, 1.82) is 0 Å². The fourth-order valence-electron chi connectivity index (χ4n) is 4.44. The van der Waals surface area contributed by atoms with Crippen molar-refractivity contribution in [1.82, 2.24) is 9.88 Å². The molecule has 4 nitrogen and oxygen atoms in total. The number of aliphatic hydroxyl groups is 1. The van der Waals surface area contributed by atoms with Crippen LogP contribution in [0.4, 0.5) is 0 Å². The first-order chi connectivity index (χ1) is 11.7. The number of hydrogen-bond acceptors (Lipinski definition) is 4. The Morgan fingerprint density at radius 1 is 1.35 bits per heavy atom. The smallest absolute Gasteiger partial charge is 0.119 e. The molecule has 1 aromatic carbocycles. The summed E-state index contributed by atoms with van der Waals surface area (Å²) in [6.07, 6.45) is 5.62. The fraction of sp³-hybridized carbons (Fsp3) is 0.450. The number of piperidine rings is 3. The summed E-state index contributed by atoms with van der Waals surface area (Å²) in [7, 11) is 1.66. The Labute approximate surface area is 189 Å². The summed E-state index contributed by atoms with van der Waals surface area (Å²) < 4.78 is 5.35. The van der Waals surface area contributed by atoms with E-state index in [1.165, 1.54) is 6.42 Å². The minimum Gasteiger partial charge on any atom is -0.497 e. The molecule has 3 fully saturated rings. The number of hydrogen-bond donors (Lipinski definition) is 1. The highest BCUT2D eigenvalue weighted by molar-refractivity contribution is 14.0. The van der Waals surface area contributed by atoms with Gasteiger partial charge in [-0.2, -0.15) is 0 Å². The monoisotopic (exact) mass is 580 g/mol. The first-order valence-corrected chi connectivity index (χ1v) is 8.68. The van der Waals surface area contributed by atoms with E-state index >= 15 is 0 Å². The van der Waals surface area contributed by atoms with Crippen molar-refractivity contribution < 1.29 is 9.84 Å². The second-order valence-electron chi connectivity index (χ2n) is 6.97. The number of pyridine rings is 1. The van der Waals surface area contributed by atoms with Gasteiger partial charge in [-0.1, -0.05) is 6.08 Å². The number of rotatable bonds is 4. The summed E-state index contributed by atoms with van der Waals surface area (Å²) >= 11 is 0. The Bertz CT molecular complexity index is 771. The highest BCUT2D eigenvalue weighted by atomic mass is 127. The SMILES string of the molecule is C=C[C@@H]1CN2CCC1C[C@@H]2[C@H](O)c1ccnc2ccc(OC)cc12.I.I. The summed E-state index contributed by atoms with van der Waals surface area (Å²) in [6, 6.07) is 7.96. The van der Waals surface area contributed by atoms with Crippen molar-refractivity contribution in [2.24, 2.45) is 11.8 Å². The van der Waals surface area contributed by atoms with Crippen LogP contribution in [0.15, 0.2) is 43.1 Å². The number of aromatic nitrogens is 1. The van der Waals surface area contributed by atoms with Crippen molar-refractivity contribution in [3.8, 4) is 5.75 Å². The summed E-state index contributed by atoms with van der Waals surface area (Å²) in [6.45, 7) is 6.07. The van der Waals surface area contributed by atoms with Gasteiger partial charge in [-0.25, -0.2) is 0 Å². The van der Waals surface area contributed by atoms with E-state index < -0.39 is 6.10 Å². The molecular weight excluding hydrogens is 554 g/mol. The van der Waals surface area contributed by atoms with E-state index in [-0.39, 0.29) is 54.0 Å². The van der Waals surface area contributed by atoms with E-state index in [4.69, 9.17) is 4.74 Å². The van der Waals surface area contributed by atoms with Crippen LogP contribution in [0.3, 0.4) is 0 Å². The molecule has 142 valence electrons. The molecule has 0 amide bonds. The lowest BCUT2D eigenvalue weighted by Gasteiger charge is -2.50. The van der Waals surface area contributed by atoms with Crippen molar-refractivity contribution in [2.75, 3.05) is 20.2 Å². The van der Waals surface area contributed by atoms with E-state index in [1.807, 2.05) is 24.3 Å². The van der Waals surface area contributed by atoms with Gasteiger partial charge in [0.15, 0.2) is 0 Å². The zero-order valence-electron chi connectivity index (χ0n) is 14.9. The molecule has 3 aliphatic heterocycles. The summed E-state index contributed by atoms with van der Waals surface area (Å²) in [5.41, 5.74) is 1.85. The quantitative estimate of drug-likeness (QED) is 0.431. The van der Waals surface area contributed by atoms with Crippen LogP contribution in [0.5, 0.6) is 5.75 Å². The van der Waals surface area contributed by atoms with Crippen LogP contribution in [0, 0.1) is 11.8 Å². The van der Waals surface area contributed by atoms with Gasteiger partial charge in [-0.05, 0) is 61.1 Å². The first kappa shape index (κ1) is 21.8. The molecule has 3 saturated heterocycles. The van der Waals surface area contributed by atoms with Crippen LogP contribution < -0.4 is 4.74 Å². The van der Waals surface area contributed by atoms with Crippen LogP contribution in [0.25, 0.3) is 10.9 Å². The van der Waals surface area contributed by atoms with Crippen LogP contribution in [0.2, 0.25) is 0 Å². The third kappa shape index (κ3) is 3.88. The van der Waals surface area contributed by atoms with Crippen LogP contribution in [-0.4, -0.2) is 41.2 Å². The molecule has 4 heterocycles. The van der Waals surface area contributed by atoms with Crippen molar-refractivity contribution in [3.63, 3.8) is 0 Å². The molecule has 1 N–H and O–H groups in total. The van der Waals surface area contributed by atoms with Crippen molar-refractivity contribution in [2.45, 2.75) is 25.0 Å². The molecule has 6 heteroatoms. The Hall–Kier alpha value is -0.450. The largest absolute Gasteiger partial charge is 0.497 e. The number of nitrogens with zero attached hydrogens (tertiary/aromatic N) is 2. The molecule has 0 spiro atoms. The van der Waals surface area contributed by atoms with E-state index in [9.17, 15) is 5.11 Å². The first-order valence-electron chi connectivity index (χ1n) is 8.68. The van der Waals surface area contributed by atoms with E-state index in [2.05, 4.69) is 22.5 Å². The van der Waals surface area contributed by atoms with Crippen LogP contribution in [0.1, 0.15) is 24.5 Å². The number of ether oxygens (including phenoxy) is 1. The number of aliphatic hydroxyl groups excluding tert-OH is 1. The maximum Gasteiger partial charge on any atom is 0.119 e. The lowest BCUT2D eigenvalue weighted by atomic mass is 9.73. The maximum absolute atomic E-state index is 11.2. The van der Waals surface area contributed by atoms with Crippen molar-refractivity contribution >= 4 is 58.9 Å². The lowest BCUT2D eigenvalue weighted by molar-refractivity contribution is -0.0444. The van der Waals surface area contributed by atoms with E-state index in [0.717, 1.165) is 41.7 Å². The summed E-state index contributed by atoms with van der Waals surface area (Å²) in [5, 5.41) is 12.1. The normalized spacial score (nSPS) is 27.9. The third-order valence-electron chi connectivity index (χ3n) is 5.82. The Balaban J connectivity index is 0.00000121. The number of fused-ring (bicyclic) bond motifs is 4. The highest BCUT2D eigenvalue weighted by Gasteiger charge is 2.42. The van der Waals surface area contributed by atoms with E-state index in [1.54, 1.807) is 13.3 Å². The summed E-state index contributed by atoms with van der Waals surface area (Å²) in [5.74, 6) is 2.01. The predicted molar refractivity (Wildman–Crippen MR) is 126 cm³/mol. The van der Waals surface area contributed by atoms with E-state index in [0.29, 0.717) is 11.8 Å². The molecule has 0 aliphatic carbocycles. The third-order valence-corrected chi connectivity index (χ3v) is 5.82. The summed E-state index contributed by atoms with van der Waals surface area (Å²) in [4.78, 5) is 6.86. The molecule has 2 bridgehead atoms. The van der Waals surface area contributed by atoms with Crippen LogP contribution >= 0.6 is 48.0 Å². The topological polar surface area (TPSA) is 45.6 Å². The molecular formula is C20H26I2N2O2. The standard InChI is InChI=1S/C20H24N2O2.2HI/c1-3-13-12-22-9-7-14(13)10-19(22)20(23)16-6-8-21-18-5-4-15(24-2)11-17(16)18;;/h3-6,8,11,13-14,19-20,23H,1,7,9-10,12H2,2H3;2*1H/t13-,14?,19-,20-;;/m1../s1. The predicted octanol–water partition coefficient (Wildman–Crippen LogP) is 4.41. The average molecular weight is 580 g/mol. The second-order valence-corrected chi connectivity index (χ2v) is 6.97. The highest BCUT2D eigenvalue weighted by Crippen LogP contribution is 2.42. The molecule has 2 aromatic rings. The Morgan fingerprint density at radius 3 is 2.81 bits per heavy atom. The number of halogens is 2. The zero-order valence-corrected chi connectivity index (χ0v) is 19.5. The van der Waals surface area contributed by atoms with Crippen molar-refractivity contribution in [3.05, 3.63) is 48.7 Å². The van der Waals surface area contributed by atoms with Gasteiger partial charge in [0.2, 0.25) is 0 Å². The average Bonchev–Trinajstić information content (AvgIpc) is 2.66. The van der Waals surface area contributed by atoms with Gasteiger partial charge in [-0.3, -0.25) is 9.88 Å². The molecule has 1 aromatic heterocycles. The molecule has 0 saturated carbocycles. The molecule has 2 unspecified atom stereocenters. The van der Waals surface area contributed by atoms with Gasteiger partial charge >= 0.3 is 0 Å². The second kappa shape index (κ2) is 9.16. The minimum absolute atomic E-state index is 0. The van der Waals surface area contributed by atoms with Gasteiger partial charge in [0, 0.05) is 24.2 Å². The van der Waals surface area contributed by atoms with Gasteiger partial charge < -0.3 is 9.84 Å². The Morgan fingerprint density at radius 2 is 2.15 bits per heavy atom. The molecule has 5 rings (SSSR count).